The van der Waals surface area contributed by atoms with Crippen molar-refractivity contribution in [2.24, 2.45) is 7.05 Å². The van der Waals surface area contributed by atoms with Crippen molar-refractivity contribution in [3.05, 3.63) is 41.5 Å². The molecular formula is C23H24F3N5O6S. The molecule has 3 aliphatic heterocycles. The Morgan fingerprint density at radius 3 is 2.50 bits per heavy atom. The lowest BCUT2D eigenvalue weighted by molar-refractivity contribution is -0.174. The van der Waals surface area contributed by atoms with Gasteiger partial charge in [0, 0.05) is 25.5 Å². The lowest BCUT2D eigenvalue weighted by Gasteiger charge is -2.41. The fraction of sp³-hybridized carbons (Fsp3) is 0.435. The smallest absolute Gasteiger partial charge is 0.312 e. The second-order valence-electron chi connectivity index (χ2n) is 9.64. The van der Waals surface area contributed by atoms with Gasteiger partial charge in [-0.25, -0.2) is 26.3 Å². The number of aromatic nitrogens is 1. The topological polar surface area (TPSA) is 130 Å². The van der Waals surface area contributed by atoms with Gasteiger partial charge in [0.05, 0.1) is 25.7 Å². The highest BCUT2D eigenvalue weighted by Gasteiger charge is 2.49. The number of fused-ring (bicyclic) bond motifs is 2. The summed E-state index contributed by atoms with van der Waals surface area (Å²) < 4.78 is 76.0. The fourth-order valence-electron chi connectivity index (χ4n) is 4.75. The van der Waals surface area contributed by atoms with E-state index in [4.69, 9.17) is 4.74 Å². The molecule has 0 unspecified atom stereocenters. The van der Waals surface area contributed by atoms with Gasteiger partial charge in [0.25, 0.3) is 11.8 Å². The average molecular weight is 556 g/mol. The molecule has 1 aromatic heterocycles. The number of hydrogen-bond acceptors (Lipinski definition) is 6. The van der Waals surface area contributed by atoms with Gasteiger partial charge in [-0.05, 0) is 37.1 Å². The number of sulfonamides is 1. The number of amides is 3. The molecular weight excluding hydrogens is 531 g/mol. The molecule has 5 rings (SSSR count). The van der Waals surface area contributed by atoms with Crippen molar-refractivity contribution in [2.75, 3.05) is 31.5 Å². The van der Waals surface area contributed by atoms with E-state index in [-0.39, 0.29) is 41.5 Å². The van der Waals surface area contributed by atoms with E-state index in [1.54, 1.807) is 0 Å². The average Bonchev–Trinajstić information content (AvgIpc) is 3.11. The summed E-state index contributed by atoms with van der Waals surface area (Å²) in [5.74, 6) is -6.51. The van der Waals surface area contributed by atoms with Gasteiger partial charge < -0.3 is 24.4 Å². The van der Waals surface area contributed by atoms with Crippen molar-refractivity contribution in [3.63, 3.8) is 0 Å². The minimum Gasteiger partial charge on any atom is -0.483 e. The first-order valence-corrected chi connectivity index (χ1v) is 13.2. The van der Waals surface area contributed by atoms with Crippen LogP contribution in [-0.2, 0) is 26.7 Å². The van der Waals surface area contributed by atoms with Gasteiger partial charge in [0.2, 0.25) is 10.0 Å². The maximum absolute atomic E-state index is 13.6. The normalized spacial score (nSPS) is 23.3. The van der Waals surface area contributed by atoms with E-state index in [0.717, 1.165) is 9.80 Å². The molecule has 2 aromatic rings. The number of alkyl halides is 2. The zero-order valence-corrected chi connectivity index (χ0v) is 21.1. The van der Waals surface area contributed by atoms with Crippen LogP contribution in [0.5, 0.6) is 5.75 Å². The van der Waals surface area contributed by atoms with Gasteiger partial charge in [0.15, 0.2) is 11.4 Å². The number of halogens is 3. The highest BCUT2D eigenvalue weighted by Crippen LogP contribution is 2.36. The van der Waals surface area contributed by atoms with Crippen LogP contribution in [-0.4, -0.2) is 84.8 Å². The monoisotopic (exact) mass is 555 g/mol. The zero-order chi connectivity index (χ0) is 27.6. The summed E-state index contributed by atoms with van der Waals surface area (Å²) in [5.41, 5.74) is 0.444. The molecule has 0 spiro atoms. The number of rotatable bonds is 2. The lowest BCUT2D eigenvalue weighted by atomic mass is 10.0. The Kier molecular flexibility index (Phi) is 6.17. The van der Waals surface area contributed by atoms with Crippen LogP contribution in [0, 0.1) is 12.7 Å². The molecule has 2 atom stereocenters. The number of ether oxygens (including phenoxy) is 1. The Balaban J connectivity index is 1.39. The maximum atomic E-state index is 13.6. The SMILES string of the molecule is Cc1cc(NC(=O)c2c3c(cn2C)S(=O)(=O)N[C@@H]2CCN(C(=O)C(=O)N4CC(F)(F)C4)C[C@H]2O3)ccc1F. The van der Waals surface area contributed by atoms with Gasteiger partial charge >= 0.3 is 11.8 Å². The molecule has 3 amide bonds. The van der Waals surface area contributed by atoms with E-state index in [0.29, 0.717) is 5.56 Å². The van der Waals surface area contributed by atoms with E-state index in [1.807, 2.05) is 0 Å². The highest BCUT2D eigenvalue weighted by atomic mass is 32.2. The molecule has 4 heterocycles. The van der Waals surface area contributed by atoms with Crippen molar-refractivity contribution in [1.82, 2.24) is 19.1 Å². The first kappa shape index (κ1) is 26.0. The summed E-state index contributed by atoms with van der Waals surface area (Å²) >= 11 is 0. The Hall–Kier alpha value is -3.59. The van der Waals surface area contributed by atoms with Gasteiger partial charge in [-0.1, -0.05) is 0 Å². The summed E-state index contributed by atoms with van der Waals surface area (Å²) in [6, 6.07) is 3.18. The van der Waals surface area contributed by atoms with Crippen LogP contribution in [0.3, 0.4) is 0 Å². The van der Waals surface area contributed by atoms with Crippen LogP contribution in [0.4, 0.5) is 18.9 Å². The summed E-state index contributed by atoms with van der Waals surface area (Å²) in [6.45, 7) is -0.374. The highest BCUT2D eigenvalue weighted by molar-refractivity contribution is 7.89. The van der Waals surface area contributed by atoms with E-state index < -0.39 is 64.7 Å². The number of carbonyl (C=O) groups is 3. The summed E-state index contributed by atoms with van der Waals surface area (Å²) in [7, 11) is -2.68. The van der Waals surface area contributed by atoms with Crippen LogP contribution in [0.15, 0.2) is 29.3 Å². The molecule has 38 heavy (non-hydrogen) atoms. The van der Waals surface area contributed by atoms with Crippen molar-refractivity contribution in [2.45, 2.75) is 36.3 Å². The Bertz CT molecular complexity index is 1450. The molecule has 0 radical (unpaired) electrons. The van der Waals surface area contributed by atoms with Crippen LogP contribution >= 0.6 is 0 Å². The van der Waals surface area contributed by atoms with Gasteiger partial charge in [-0.3, -0.25) is 14.4 Å². The molecule has 2 saturated heterocycles. The third-order valence-electron chi connectivity index (χ3n) is 6.76. The molecule has 1 aromatic carbocycles. The molecule has 3 aliphatic rings. The number of anilines is 1. The zero-order valence-electron chi connectivity index (χ0n) is 20.3. The van der Waals surface area contributed by atoms with E-state index in [9.17, 15) is 36.0 Å². The van der Waals surface area contributed by atoms with E-state index in [2.05, 4.69) is 10.0 Å². The first-order chi connectivity index (χ1) is 17.8. The third-order valence-corrected chi connectivity index (χ3v) is 8.24. The molecule has 11 nitrogen and oxygen atoms in total. The standard InChI is InChI=1S/C23H24F3N5O6S/c1-12-7-13(3-4-14(12)24)27-20(32)18-19-17(9-29(18)2)38(35,36)28-15-5-6-30(8-16(15)37-19)21(33)22(34)31-10-23(25,26)11-31/h3-4,7,9,15-16,28H,5-6,8,10-11H2,1-2H3,(H,27,32)/t15-,16-/m1/s1. The molecule has 15 heteroatoms. The third kappa shape index (κ3) is 4.60. The van der Waals surface area contributed by atoms with Gasteiger partial charge in [-0.2, -0.15) is 0 Å². The summed E-state index contributed by atoms with van der Waals surface area (Å²) in [6.07, 6.45) is 0.332. The van der Waals surface area contributed by atoms with Crippen molar-refractivity contribution < 1.29 is 40.7 Å². The maximum Gasteiger partial charge on any atom is 0.312 e. The van der Waals surface area contributed by atoms with Gasteiger partial charge in [0.1, 0.15) is 16.8 Å². The minimum atomic E-state index is -4.13. The fourth-order valence-corrected chi connectivity index (χ4v) is 6.23. The van der Waals surface area contributed by atoms with Crippen molar-refractivity contribution >= 4 is 33.4 Å². The molecule has 0 bridgehead atoms. The van der Waals surface area contributed by atoms with Crippen molar-refractivity contribution in [3.8, 4) is 5.75 Å². The number of carbonyl (C=O) groups excluding carboxylic acids is 3. The molecule has 204 valence electrons. The van der Waals surface area contributed by atoms with Crippen LogP contribution in [0.2, 0.25) is 0 Å². The largest absolute Gasteiger partial charge is 0.483 e. The van der Waals surface area contributed by atoms with Crippen molar-refractivity contribution in [1.29, 1.82) is 0 Å². The predicted molar refractivity (Wildman–Crippen MR) is 126 cm³/mol. The first-order valence-electron chi connectivity index (χ1n) is 11.7. The summed E-state index contributed by atoms with van der Waals surface area (Å²) in [4.78, 5) is 39.9. The lowest BCUT2D eigenvalue weighted by Crippen LogP contribution is -2.63. The van der Waals surface area contributed by atoms with Crippen LogP contribution < -0.4 is 14.8 Å². The minimum absolute atomic E-state index is 0.00287. The quantitative estimate of drug-likeness (QED) is 0.529. The van der Waals surface area contributed by atoms with Crippen LogP contribution in [0.25, 0.3) is 0 Å². The number of piperidine rings is 1. The molecule has 2 N–H and O–H groups in total. The second kappa shape index (κ2) is 9.01. The van der Waals surface area contributed by atoms with E-state index in [1.165, 1.54) is 42.9 Å². The Morgan fingerprint density at radius 1 is 1.16 bits per heavy atom. The molecule has 0 aliphatic carbocycles. The number of likely N-dealkylation sites (tertiary alicyclic amines) is 2. The molecule has 2 fully saturated rings. The van der Waals surface area contributed by atoms with Gasteiger partial charge in [-0.15, -0.1) is 0 Å². The Morgan fingerprint density at radius 2 is 1.84 bits per heavy atom. The second-order valence-corrected chi connectivity index (χ2v) is 11.3. The van der Waals surface area contributed by atoms with E-state index >= 15 is 0 Å². The summed E-state index contributed by atoms with van der Waals surface area (Å²) in [5, 5.41) is 2.60. The number of benzene rings is 1. The predicted octanol–water partition coefficient (Wildman–Crippen LogP) is 0.843. The molecule has 0 saturated carbocycles. The number of hydrogen-bond donors (Lipinski definition) is 2. The number of nitrogens with one attached hydrogen (secondary N) is 2. The van der Waals surface area contributed by atoms with Crippen LogP contribution in [0.1, 0.15) is 22.5 Å². The number of aryl methyl sites for hydroxylation is 2. The Labute approximate surface area is 215 Å². The number of nitrogens with zero attached hydrogens (tertiary/aromatic N) is 3.